The molecule has 1 amide bonds. The number of methoxy groups -OCH3 is 1. The number of ether oxygens (including phenoxy) is 1. The van der Waals surface area contributed by atoms with Crippen molar-refractivity contribution in [2.24, 2.45) is 5.92 Å². The molecule has 2 aromatic rings. The Morgan fingerprint density at radius 1 is 1.21 bits per heavy atom. The van der Waals surface area contributed by atoms with Crippen LogP contribution in [0.3, 0.4) is 0 Å². The van der Waals surface area contributed by atoms with Crippen molar-refractivity contribution in [2.75, 3.05) is 13.7 Å². The number of carbonyl (C=O) groups is 1. The van der Waals surface area contributed by atoms with E-state index in [1.807, 2.05) is 48.5 Å². The van der Waals surface area contributed by atoms with Gasteiger partial charge in [0, 0.05) is 17.4 Å². The first-order valence-corrected chi connectivity index (χ1v) is 9.75. The molecule has 0 radical (unpaired) electrons. The van der Waals surface area contributed by atoms with Gasteiger partial charge in [-0.15, -0.1) is 0 Å². The Morgan fingerprint density at radius 3 is 2.50 bits per heavy atom. The maximum absolute atomic E-state index is 12.7. The van der Waals surface area contributed by atoms with E-state index in [9.17, 15) is 15.2 Å². The van der Waals surface area contributed by atoms with Gasteiger partial charge in [-0.3, -0.25) is 4.79 Å². The fourth-order valence-electron chi connectivity index (χ4n) is 4.34. The molecule has 1 heterocycles. The molecule has 5 nitrogen and oxygen atoms in total. The predicted octanol–water partition coefficient (Wildman–Crippen LogP) is 3.34. The minimum Gasteiger partial charge on any atom is -0.496 e. The van der Waals surface area contributed by atoms with Crippen molar-refractivity contribution in [2.45, 2.75) is 37.3 Å². The Bertz CT molecular complexity index is 899. The van der Waals surface area contributed by atoms with Crippen LogP contribution in [0, 0.1) is 17.2 Å². The van der Waals surface area contributed by atoms with E-state index in [-0.39, 0.29) is 30.4 Å². The summed E-state index contributed by atoms with van der Waals surface area (Å²) < 4.78 is 5.44. The molecule has 1 aliphatic heterocycles. The molecule has 4 rings (SSSR count). The number of aliphatic hydroxyl groups excluding tert-OH is 1. The molecular weight excluding hydrogens is 352 g/mol. The molecule has 0 bridgehead atoms. The number of hydrogen-bond donors (Lipinski definition) is 1. The van der Waals surface area contributed by atoms with Gasteiger partial charge in [-0.05, 0) is 30.0 Å². The SMILES string of the molecule is COc1ccccc1-c1ccc([C@H]2[C@@H](CO)N(C(=O)C3CCC3)[C@H]2C#N)cc1. The van der Waals surface area contributed by atoms with Crippen molar-refractivity contribution in [1.29, 1.82) is 5.26 Å². The van der Waals surface area contributed by atoms with Gasteiger partial charge >= 0.3 is 0 Å². The second kappa shape index (κ2) is 7.65. The highest BCUT2D eigenvalue weighted by molar-refractivity contribution is 5.82. The van der Waals surface area contributed by atoms with Crippen molar-refractivity contribution < 1.29 is 14.6 Å². The molecule has 2 aromatic carbocycles. The third kappa shape index (κ3) is 2.94. The fraction of sp³-hybridized carbons (Fsp3) is 0.391. The minimum absolute atomic E-state index is 0.0266. The number of aliphatic hydroxyl groups is 1. The number of nitriles is 1. The van der Waals surface area contributed by atoms with Gasteiger partial charge < -0.3 is 14.7 Å². The van der Waals surface area contributed by atoms with E-state index in [1.54, 1.807) is 12.0 Å². The Morgan fingerprint density at radius 2 is 1.93 bits per heavy atom. The lowest BCUT2D eigenvalue weighted by atomic mass is 9.73. The fourth-order valence-corrected chi connectivity index (χ4v) is 4.34. The van der Waals surface area contributed by atoms with Crippen molar-refractivity contribution in [1.82, 2.24) is 4.90 Å². The largest absolute Gasteiger partial charge is 0.496 e. The molecule has 144 valence electrons. The first-order valence-electron chi connectivity index (χ1n) is 9.75. The van der Waals surface area contributed by atoms with E-state index in [4.69, 9.17) is 4.74 Å². The summed E-state index contributed by atoms with van der Waals surface area (Å²) in [6, 6.07) is 17.3. The van der Waals surface area contributed by atoms with Crippen LogP contribution in [0.2, 0.25) is 0 Å². The van der Waals surface area contributed by atoms with E-state index in [0.717, 1.165) is 41.7 Å². The molecule has 0 aromatic heterocycles. The summed E-state index contributed by atoms with van der Waals surface area (Å²) in [6.07, 6.45) is 2.85. The number of rotatable bonds is 5. The summed E-state index contributed by atoms with van der Waals surface area (Å²) in [5.74, 6) is 0.697. The van der Waals surface area contributed by atoms with E-state index in [2.05, 4.69) is 6.07 Å². The topological polar surface area (TPSA) is 73.6 Å². The number of para-hydroxylation sites is 1. The number of nitrogens with zero attached hydrogens (tertiary/aromatic N) is 2. The summed E-state index contributed by atoms with van der Waals surface area (Å²) in [5, 5.41) is 19.6. The van der Waals surface area contributed by atoms with Gasteiger partial charge in [-0.25, -0.2) is 0 Å². The summed E-state index contributed by atoms with van der Waals surface area (Å²) >= 11 is 0. The first-order chi connectivity index (χ1) is 13.7. The summed E-state index contributed by atoms with van der Waals surface area (Å²) in [4.78, 5) is 14.3. The molecule has 3 atom stereocenters. The van der Waals surface area contributed by atoms with Crippen LogP contribution >= 0.6 is 0 Å². The predicted molar refractivity (Wildman–Crippen MR) is 106 cm³/mol. The Hall–Kier alpha value is -2.84. The van der Waals surface area contributed by atoms with E-state index in [0.29, 0.717) is 0 Å². The molecule has 2 aliphatic rings. The van der Waals surface area contributed by atoms with Crippen LogP contribution in [0.5, 0.6) is 5.75 Å². The molecule has 1 saturated carbocycles. The van der Waals surface area contributed by atoms with Crippen molar-refractivity contribution in [3.05, 3.63) is 54.1 Å². The zero-order chi connectivity index (χ0) is 19.7. The monoisotopic (exact) mass is 376 g/mol. The molecule has 2 fully saturated rings. The maximum Gasteiger partial charge on any atom is 0.227 e. The highest BCUT2D eigenvalue weighted by Gasteiger charge is 2.53. The van der Waals surface area contributed by atoms with Crippen LogP contribution in [-0.2, 0) is 4.79 Å². The Labute approximate surface area is 165 Å². The molecule has 1 aliphatic carbocycles. The number of amides is 1. The van der Waals surface area contributed by atoms with Crippen LogP contribution in [0.4, 0.5) is 0 Å². The first kappa shape index (κ1) is 18.5. The number of likely N-dealkylation sites (tertiary alicyclic amines) is 1. The molecule has 0 unspecified atom stereocenters. The number of benzene rings is 2. The van der Waals surface area contributed by atoms with Crippen LogP contribution in [0.1, 0.15) is 30.7 Å². The van der Waals surface area contributed by atoms with Gasteiger partial charge in [0.15, 0.2) is 0 Å². The van der Waals surface area contributed by atoms with Gasteiger partial charge in [0.05, 0.1) is 25.8 Å². The molecule has 5 heteroatoms. The highest BCUT2D eigenvalue weighted by Crippen LogP contribution is 2.44. The Balaban J connectivity index is 1.58. The lowest BCUT2D eigenvalue weighted by molar-refractivity contribution is -0.154. The summed E-state index contributed by atoms with van der Waals surface area (Å²) in [5.41, 5.74) is 3.00. The summed E-state index contributed by atoms with van der Waals surface area (Å²) in [7, 11) is 1.65. The van der Waals surface area contributed by atoms with Gasteiger partial charge in [0.1, 0.15) is 11.8 Å². The molecule has 0 spiro atoms. The second-order valence-electron chi connectivity index (χ2n) is 7.55. The standard InChI is InChI=1S/C23H24N2O3/c1-28-21-8-3-2-7-18(21)15-9-11-16(12-10-15)22-19(13-24)25(20(22)14-26)23(27)17-5-4-6-17/h2-3,7-12,17,19-20,22,26H,4-6,14H2,1H3/t19-,20+,22+/m0/s1. The third-order valence-corrected chi connectivity index (χ3v) is 6.15. The van der Waals surface area contributed by atoms with Crippen LogP contribution < -0.4 is 4.74 Å². The average molecular weight is 376 g/mol. The third-order valence-electron chi connectivity index (χ3n) is 6.15. The van der Waals surface area contributed by atoms with E-state index < -0.39 is 6.04 Å². The van der Waals surface area contributed by atoms with Crippen LogP contribution in [-0.4, -0.2) is 41.7 Å². The van der Waals surface area contributed by atoms with Gasteiger partial charge in [-0.2, -0.15) is 5.26 Å². The van der Waals surface area contributed by atoms with Crippen LogP contribution in [0.15, 0.2) is 48.5 Å². The quantitative estimate of drug-likeness (QED) is 0.869. The summed E-state index contributed by atoms with van der Waals surface area (Å²) in [6.45, 7) is -0.129. The van der Waals surface area contributed by atoms with Crippen molar-refractivity contribution in [3.63, 3.8) is 0 Å². The molecule has 28 heavy (non-hydrogen) atoms. The minimum atomic E-state index is -0.512. The lowest BCUT2D eigenvalue weighted by Gasteiger charge is -2.53. The van der Waals surface area contributed by atoms with Gasteiger partial charge in [0.2, 0.25) is 5.91 Å². The zero-order valence-corrected chi connectivity index (χ0v) is 15.9. The van der Waals surface area contributed by atoms with Gasteiger partial charge in [-0.1, -0.05) is 48.9 Å². The molecule has 1 saturated heterocycles. The highest BCUT2D eigenvalue weighted by atomic mass is 16.5. The number of hydrogen-bond acceptors (Lipinski definition) is 4. The molecule has 1 N–H and O–H groups in total. The normalized spacial score (nSPS) is 24.0. The lowest BCUT2D eigenvalue weighted by Crippen LogP contribution is -2.66. The van der Waals surface area contributed by atoms with E-state index >= 15 is 0 Å². The van der Waals surface area contributed by atoms with Crippen molar-refractivity contribution >= 4 is 5.91 Å². The smallest absolute Gasteiger partial charge is 0.227 e. The van der Waals surface area contributed by atoms with Crippen LogP contribution in [0.25, 0.3) is 11.1 Å². The Kier molecular flexibility index (Phi) is 5.06. The average Bonchev–Trinajstić information content (AvgIpc) is 2.67. The molecular formula is C23H24N2O3. The zero-order valence-electron chi connectivity index (χ0n) is 15.9. The van der Waals surface area contributed by atoms with Crippen molar-refractivity contribution in [3.8, 4) is 22.9 Å². The maximum atomic E-state index is 12.7. The van der Waals surface area contributed by atoms with Gasteiger partial charge in [0.25, 0.3) is 0 Å². The number of carbonyl (C=O) groups excluding carboxylic acids is 1. The van der Waals surface area contributed by atoms with E-state index in [1.165, 1.54) is 0 Å². The second-order valence-corrected chi connectivity index (χ2v) is 7.55.